The lowest BCUT2D eigenvalue weighted by atomic mass is 10.1. The fourth-order valence-corrected chi connectivity index (χ4v) is 4.91. The predicted octanol–water partition coefficient (Wildman–Crippen LogP) is 2.74. The third-order valence-corrected chi connectivity index (χ3v) is 7.31. The lowest BCUT2D eigenvalue weighted by molar-refractivity contribution is -0.131. The maximum absolute atomic E-state index is 15.6. The van der Waals surface area contributed by atoms with Gasteiger partial charge in [0, 0.05) is 43.9 Å². The summed E-state index contributed by atoms with van der Waals surface area (Å²) in [5, 5.41) is 10.2. The Morgan fingerprint density at radius 2 is 1.87 bits per heavy atom. The van der Waals surface area contributed by atoms with Crippen LogP contribution in [0.4, 0.5) is 4.39 Å². The van der Waals surface area contributed by atoms with Crippen LogP contribution in [-0.2, 0) is 26.1 Å². The van der Waals surface area contributed by atoms with Crippen LogP contribution in [0.25, 0.3) is 0 Å². The van der Waals surface area contributed by atoms with E-state index in [1.807, 2.05) is 0 Å². The van der Waals surface area contributed by atoms with E-state index in [1.54, 1.807) is 31.2 Å². The molecular formula is C25H34ClFN4O6S. The maximum Gasteiger partial charge on any atom is 0.254 e. The van der Waals surface area contributed by atoms with Gasteiger partial charge in [-0.05, 0) is 31.4 Å². The normalized spacial score (nSPS) is 15.3. The van der Waals surface area contributed by atoms with Crippen LogP contribution in [0, 0.1) is 11.2 Å². The molecule has 0 radical (unpaired) electrons. The second kappa shape index (κ2) is 13.7. The molecule has 0 bridgehead atoms. The average molecular weight is 573 g/mol. The minimum Gasteiger partial charge on any atom is -0.494 e. The Hall–Kier alpha value is -2.93. The van der Waals surface area contributed by atoms with Crippen LogP contribution in [0.1, 0.15) is 42.6 Å². The molecule has 1 aliphatic heterocycles. The average Bonchev–Trinajstić information content (AvgIpc) is 2.86. The van der Waals surface area contributed by atoms with E-state index in [4.69, 9.17) is 25.4 Å². The zero-order valence-electron chi connectivity index (χ0n) is 21.5. The molecule has 1 atom stereocenters. The van der Waals surface area contributed by atoms with Gasteiger partial charge in [0.25, 0.3) is 5.91 Å². The van der Waals surface area contributed by atoms with Crippen molar-refractivity contribution in [2.45, 2.75) is 38.5 Å². The molecule has 1 heterocycles. The molecule has 0 aliphatic carbocycles. The van der Waals surface area contributed by atoms with Gasteiger partial charge in [-0.25, -0.2) is 17.1 Å². The molecule has 1 saturated heterocycles. The number of ether oxygens (including phenoxy) is 3. The van der Waals surface area contributed by atoms with Gasteiger partial charge in [0.15, 0.2) is 17.7 Å². The summed E-state index contributed by atoms with van der Waals surface area (Å²) in [5.41, 5.74) is 6.75. The number of sulfonamides is 1. The van der Waals surface area contributed by atoms with Crippen molar-refractivity contribution in [1.29, 1.82) is 5.41 Å². The Morgan fingerprint density at radius 3 is 2.39 bits per heavy atom. The summed E-state index contributed by atoms with van der Waals surface area (Å²) >= 11 is 0. The highest BCUT2D eigenvalue weighted by atomic mass is 35.5. The van der Waals surface area contributed by atoms with E-state index in [2.05, 4.69) is 5.32 Å². The van der Waals surface area contributed by atoms with Crippen molar-refractivity contribution < 1.29 is 31.8 Å². The molecule has 1 aliphatic rings. The van der Waals surface area contributed by atoms with Gasteiger partial charge < -0.3 is 25.3 Å². The summed E-state index contributed by atoms with van der Waals surface area (Å²) in [7, 11) is -1.99. The van der Waals surface area contributed by atoms with Crippen molar-refractivity contribution in [3.8, 4) is 11.5 Å². The number of methoxy groups -OCH3 is 1. The van der Waals surface area contributed by atoms with Gasteiger partial charge in [-0.2, -0.15) is 0 Å². The predicted molar refractivity (Wildman–Crippen MR) is 144 cm³/mol. The molecular weight excluding hydrogens is 539 g/mol. The zero-order valence-corrected chi connectivity index (χ0v) is 23.2. The van der Waals surface area contributed by atoms with Crippen molar-refractivity contribution >= 4 is 34.2 Å². The molecule has 10 nitrogen and oxygen atoms in total. The van der Waals surface area contributed by atoms with Gasteiger partial charge >= 0.3 is 0 Å². The molecule has 2 aromatic rings. The van der Waals surface area contributed by atoms with Crippen molar-refractivity contribution in [2.24, 2.45) is 5.73 Å². The van der Waals surface area contributed by atoms with Crippen LogP contribution in [0.3, 0.4) is 0 Å². The summed E-state index contributed by atoms with van der Waals surface area (Å²) in [6.07, 6.45) is 0.286. The number of nitrogens with zero attached hydrogens (tertiary/aromatic N) is 1. The fourth-order valence-electron chi connectivity index (χ4n) is 4.04. The number of halogens is 2. The number of piperidine rings is 1. The number of hydrogen-bond acceptors (Lipinski definition) is 7. The van der Waals surface area contributed by atoms with Gasteiger partial charge in [-0.1, -0.05) is 24.3 Å². The van der Waals surface area contributed by atoms with E-state index in [-0.39, 0.29) is 49.2 Å². The number of benzene rings is 2. The minimum atomic E-state index is -3.30. The van der Waals surface area contributed by atoms with Gasteiger partial charge in [0.1, 0.15) is 17.7 Å². The number of carbonyl (C=O) groups is 1. The summed E-state index contributed by atoms with van der Waals surface area (Å²) in [4.78, 5) is 13.0. The van der Waals surface area contributed by atoms with Crippen LogP contribution in [0.5, 0.6) is 11.5 Å². The Kier molecular flexibility index (Phi) is 11.3. The van der Waals surface area contributed by atoms with Gasteiger partial charge in [-0.15, -0.1) is 12.4 Å². The molecule has 1 amide bonds. The second-order valence-corrected chi connectivity index (χ2v) is 10.7. The number of nitrogens with one attached hydrogen (secondary N) is 2. The Labute approximate surface area is 228 Å². The monoisotopic (exact) mass is 572 g/mol. The third-order valence-electron chi connectivity index (χ3n) is 6.00. The van der Waals surface area contributed by atoms with E-state index in [0.717, 1.165) is 11.8 Å². The molecule has 210 valence electrons. The van der Waals surface area contributed by atoms with Gasteiger partial charge in [0.05, 0.1) is 12.9 Å². The van der Waals surface area contributed by atoms with Crippen LogP contribution in [-0.4, -0.2) is 63.6 Å². The molecule has 1 fully saturated rings. The summed E-state index contributed by atoms with van der Waals surface area (Å²) in [6.45, 7) is 2.81. The van der Waals surface area contributed by atoms with E-state index in [0.29, 0.717) is 30.8 Å². The number of amidine groups is 1. The number of nitrogen functional groups attached to an aromatic ring is 1. The SMILES string of the molecule is CCOc1cc(OC2CCN(S(C)(=O)=O)CC2)c(F)c([C@H](OC)C(=O)NCc2ccc(C(=N)N)cc2)c1.Cl. The maximum atomic E-state index is 15.6. The molecule has 2 aromatic carbocycles. The van der Waals surface area contributed by atoms with Crippen LogP contribution in [0.2, 0.25) is 0 Å². The van der Waals surface area contributed by atoms with E-state index < -0.39 is 34.0 Å². The van der Waals surface area contributed by atoms with E-state index in [1.165, 1.54) is 23.5 Å². The van der Waals surface area contributed by atoms with Crippen LogP contribution < -0.4 is 20.5 Å². The van der Waals surface area contributed by atoms with Crippen LogP contribution in [0.15, 0.2) is 36.4 Å². The van der Waals surface area contributed by atoms with E-state index in [9.17, 15) is 13.2 Å². The molecule has 4 N–H and O–H groups in total. The standard InChI is InChI=1S/C25H33FN4O6S.ClH/c1-4-35-19-13-20(22(26)21(14-19)36-18-9-11-30(12-10-18)37(3,32)33)23(34-2)25(31)29-15-16-5-7-17(8-6-16)24(27)28;/h5-8,13-14,18,23H,4,9-12,15H2,1-3H3,(H3,27,28)(H,29,31);1H/t23-;/m0./s1. The summed E-state index contributed by atoms with van der Waals surface area (Å²) in [6, 6.07) is 9.64. The molecule has 0 unspecified atom stereocenters. The largest absolute Gasteiger partial charge is 0.494 e. The second-order valence-electron chi connectivity index (χ2n) is 8.68. The number of nitrogens with two attached hydrogens (primary N) is 1. The highest BCUT2D eigenvalue weighted by Gasteiger charge is 2.30. The first kappa shape index (κ1) is 31.3. The van der Waals surface area contributed by atoms with Gasteiger partial charge in [-0.3, -0.25) is 10.2 Å². The van der Waals surface area contributed by atoms with E-state index >= 15 is 4.39 Å². The lowest BCUT2D eigenvalue weighted by Crippen LogP contribution is -2.41. The molecule has 38 heavy (non-hydrogen) atoms. The van der Waals surface area contributed by atoms with Crippen molar-refractivity contribution in [2.75, 3.05) is 33.1 Å². The number of carbonyl (C=O) groups excluding carboxylic acids is 1. The molecule has 3 rings (SSSR count). The number of rotatable bonds is 11. The first-order valence-corrected chi connectivity index (χ1v) is 13.7. The third kappa shape index (κ3) is 8.03. The fraction of sp³-hybridized carbons (Fsp3) is 0.440. The van der Waals surface area contributed by atoms with Crippen molar-refractivity contribution in [3.05, 3.63) is 58.9 Å². The van der Waals surface area contributed by atoms with Gasteiger partial charge in [0.2, 0.25) is 10.0 Å². The summed E-state index contributed by atoms with van der Waals surface area (Å²) in [5.74, 6) is -1.14. The molecule has 13 heteroatoms. The summed E-state index contributed by atoms with van der Waals surface area (Å²) < 4.78 is 57.4. The lowest BCUT2D eigenvalue weighted by Gasteiger charge is -2.31. The minimum absolute atomic E-state index is 0. The first-order valence-electron chi connectivity index (χ1n) is 11.8. The van der Waals surface area contributed by atoms with Crippen LogP contribution >= 0.6 is 12.4 Å². The van der Waals surface area contributed by atoms with Crippen molar-refractivity contribution in [3.63, 3.8) is 0 Å². The molecule has 0 spiro atoms. The Bertz CT molecular complexity index is 1220. The highest BCUT2D eigenvalue weighted by Crippen LogP contribution is 2.34. The number of amides is 1. The quantitative estimate of drug-likeness (QED) is 0.277. The highest BCUT2D eigenvalue weighted by molar-refractivity contribution is 7.88. The Morgan fingerprint density at radius 1 is 1.24 bits per heavy atom. The first-order chi connectivity index (χ1) is 17.5. The number of hydrogen-bond donors (Lipinski definition) is 3. The topological polar surface area (TPSA) is 144 Å². The smallest absolute Gasteiger partial charge is 0.254 e. The molecule has 0 saturated carbocycles. The zero-order chi connectivity index (χ0) is 27.2. The Balaban J connectivity index is 0.00000507. The van der Waals surface area contributed by atoms with Crippen molar-refractivity contribution in [1.82, 2.24) is 9.62 Å². The molecule has 0 aromatic heterocycles.